The number of hydrogen-bond acceptors (Lipinski definition) is 4. The molecule has 2 unspecified atom stereocenters. The van der Waals surface area contributed by atoms with Crippen LogP contribution >= 0.6 is 0 Å². The van der Waals surface area contributed by atoms with Crippen LogP contribution in [0.3, 0.4) is 0 Å². The largest absolute Gasteiger partial charge is 0.350 e. The number of rotatable bonds is 7. The Morgan fingerprint density at radius 1 is 1.31 bits per heavy atom. The maximum Gasteiger partial charge on any atom is 0.249 e. The molecule has 0 radical (unpaired) electrons. The molecule has 142 valence electrons. The number of carbonyl (C=O) groups is 2. The Morgan fingerprint density at radius 2 is 2.12 bits per heavy atom. The highest BCUT2D eigenvalue weighted by Gasteiger charge is 2.35. The van der Waals surface area contributed by atoms with E-state index >= 15 is 0 Å². The molecule has 1 N–H and O–H groups in total. The fourth-order valence-corrected chi connectivity index (χ4v) is 3.37. The summed E-state index contributed by atoms with van der Waals surface area (Å²) in [5.74, 6) is -0.680. The van der Waals surface area contributed by atoms with Crippen molar-refractivity contribution in [1.29, 1.82) is 0 Å². The van der Waals surface area contributed by atoms with Gasteiger partial charge in [0.25, 0.3) is 0 Å². The van der Waals surface area contributed by atoms with Crippen LogP contribution in [0.15, 0.2) is 24.3 Å². The third-order valence-electron chi connectivity index (χ3n) is 4.99. The molecule has 1 aromatic carbocycles. The number of aryl methyl sites for hydroxylation is 1. The van der Waals surface area contributed by atoms with Crippen LogP contribution in [0.5, 0.6) is 0 Å². The van der Waals surface area contributed by atoms with Gasteiger partial charge in [-0.15, -0.1) is 0 Å². The minimum absolute atomic E-state index is 0.0274. The van der Waals surface area contributed by atoms with Gasteiger partial charge in [0, 0.05) is 31.7 Å². The van der Waals surface area contributed by atoms with Crippen LogP contribution in [-0.4, -0.2) is 31.3 Å². The summed E-state index contributed by atoms with van der Waals surface area (Å²) in [4.78, 5) is 31.7. The molecule has 0 bridgehead atoms. The number of amides is 2. The van der Waals surface area contributed by atoms with Crippen molar-refractivity contribution >= 4 is 17.5 Å². The Hall–Kier alpha value is -1.92. The standard InChI is InChI=1S/C20H28N2O4/c1-2-3-6-15-8-10-17(11-9-15)22-14-16(13-18(22)23)20(24)21-26-19-7-4-5-12-25-19/h8-11,16,19H,2-7,12-14H2,1H3,(H,21,24). The van der Waals surface area contributed by atoms with Gasteiger partial charge in [-0.05, 0) is 43.4 Å². The van der Waals surface area contributed by atoms with Crippen LogP contribution in [0, 0.1) is 5.92 Å². The lowest BCUT2D eigenvalue weighted by Gasteiger charge is -2.23. The van der Waals surface area contributed by atoms with Crippen molar-refractivity contribution in [2.24, 2.45) is 5.92 Å². The molecule has 2 saturated heterocycles. The van der Waals surface area contributed by atoms with E-state index in [0.29, 0.717) is 13.2 Å². The molecule has 0 aromatic heterocycles. The molecule has 0 spiro atoms. The molecular weight excluding hydrogens is 332 g/mol. The van der Waals surface area contributed by atoms with E-state index < -0.39 is 5.92 Å². The fourth-order valence-electron chi connectivity index (χ4n) is 3.37. The third-order valence-corrected chi connectivity index (χ3v) is 4.99. The van der Waals surface area contributed by atoms with Crippen molar-refractivity contribution in [2.45, 2.75) is 58.2 Å². The van der Waals surface area contributed by atoms with Crippen LogP contribution < -0.4 is 10.4 Å². The number of carbonyl (C=O) groups excluding carboxylic acids is 2. The first-order valence-electron chi connectivity index (χ1n) is 9.63. The van der Waals surface area contributed by atoms with Crippen molar-refractivity contribution in [3.05, 3.63) is 29.8 Å². The van der Waals surface area contributed by atoms with Gasteiger partial charge in [0.05, 0.1) is 5.92 Å². The van der Waals surface area contributed by atoms with E-state index in [2.05, 4.69) is 24.5 Å². The lowest BCUT2D eigenvalue weighted by Crippen LogP contribution is -2.37. The van der Waals surface area contributed by atoms with E-state index in [9.17, 15) is 9.59 Å². The second-order valence-electron chi connectivity index (χ2n) is 7.06. The maximum atomic E-state index is 12.3. The van der Waals surface area contributed by atoms with Crippen LogP contribution in [0.25, 0.3) is 0 Å². The highest BCUT2D eigenvalue weighted by atomic mass is 16.8. The fraction of sp³-hybridized carbons (Fsp3) is 0.600. The van der Waals surface area contributed by atoms with Gasteiger partial charge in [-0.25, -0.2) is 10.3 Å². The zero-order valence-electron chi connectivity index (χ0n) is 15.4. The van der Waals surface area contributed by atoms with Gasteiger partial charge in [0.15, 0.2) is 6.29 Å². The molecule has 6 heteroatoms. The quantitative estimate of drug-likeness (QED) is 0.759. The van der Waals surface area contributed by atoms with Crippen molar-refractivity contribution < 1.29 is 19.2 Å². The van der Waals surface area contributed by atoms with Gasteiger partial charge >= 0.3 is 0 Å². The number of benzene rings is 1. The van der Waals surface area contributed by atoms with Crippen LogP contribution in [0.4, 0.5) is 5.69 Å². The SMILES string of the molecule is CCCCc1ccc(N2CC(C(=O)NOC3CCCCO3)CC2=O)cc1. The van der Waals surface area contributed by atoms with E-state index in [1.165, 1.54) is 5.56 Å². The maximum absolute atomic E-state index is 12.3. The lowest BCUT2D eigenvalue weighted by molar-refractivity contribution is -0.201. The van der Waals surface area contributed by atoms with Crippen molar-refractivity contribution in [3.8, 4) is 0 Å². The zero-order valence-corrected chi connectivity index (χ0v) is 15.4. The summed E-state index contributed by atoms with van der Waals surface area (Å²) in [6, 6.07) is 8.06. The highest BCUT2D eigenvalue weighted by Crippen LogP contribution is 2.26. The molecule has 2 aliphatic rings. The normalized spacial score (nSPS) is 23.3. The van der Waals surface area contributed by atoms with Gasteiger partial charge in [-0.1, -0.05) is 25.5 Å². The lowest BCUT2D eigenvalue weighted by atomic mass is 10.1. The number of nitrogens with zero attached hydrogens (tertiary/aromatic N) is 1. The average molecular weight is 360 g/mol. The third kappa shape index (κ3) is 4.83. The summed E-state index contributed by atoms with van der Waals surface area (Å²) in [6.07, 6.45) is 6.04. The topological polar surface area (TPSA) is 67.9 Å². The van der Waals surface area contributed by atoms with E-state index in [-0.39, 0.29) is 24.5 Å². The van der Waals surface area contributed by atoms with Crippen molar-refractivity contribution in [1.82, 2.24) is 5.48 Å². The van der Waals surface area contributed by atoms with E-state index in [4.69, 9.17) is 9.57 Å². The number of nitrogens with one attached hydrogen (secondary N) is 1. The van der Waals surface area contributed by atoms with Crippen LogP contribution in [0.1, 0.15) is 51.0 Å². The van der Waals surface area contributed by atoms with E-state index in [1.54, 1.807) is 4.90 Å². The zero-order chi connectivity index (χ0) is 18.4. The van der Waals surface area contributed by atoms with Gasteiger partial charge < -0.3 is 9.64 Å². The molecule has 0 aliphatic carbocycles. The summed E-state index contributed by atoms with van der Waals surface area (Å²) < 4.78 is 5.43. The Kier molecular flexibility index (Phi) is 6.63. The minimum Gasteiger partial charge on any atom is -0.350 e. The minimum atomic E-state index is -0.397. The van der Waals surface area contributed by atoms with Gasteiger partial charge in [-0.3, -0.25) is 9.59 Å². The van der Waals surface area contributed by atoms with Gasteiger partial charge in [0.1, 0.15) is 0 Å². The Bertz CT molecular complexity index is 611. The second-order valence-corrected chi connectivity index (χ2v) is 7.06. The monoisotopic (exact) mass is 360 g/mol. The molecule has 2 amide bonds. The molecule has 1 aromatic rings. The molecular formula is C20H28N2O4. The predicted octanol–water partition coefficient (Wildman–Crippen LogP) is 2.96. The Morgan fingerprint density at radius 3 is 2.81 bits per heavy atom. The summed E-state index contributed by atoms with van der Waals surface area (Å²) in [5, 5.41) is 0. The summed E-state index contributed by atoms with van der Waals surface area (Å²) in [6.45, 7) is 3.21. The van der Waals surface area contributed by atoms with Gasteiger partial charge in [-0.2, -0.15) is 0 Å². The molecule has 2 aliphatic heterocycles. The molecule has 3 rings (SSSR count). The summed E-state index contributed by atoms with van der Waals surface area (Å²) in [5.41, 5.74) is 4.60. The Balaban J connectivity index is 1.51. The first-order chi connectivity index (χ1) is 12.7. The predicted molar refractivity (Wildman–Crippen MR) is 98.3 cm³/mol. The molecule has 6 nitrogen and oxygen atoms in total. The van der Waals surface area contributed by atoms with E-state index in [0.717, 1.165) is 44.2 Å². The Labute approximate surface area is 154 Å². The molecule has 26 heavy (non-hydrogen) atoms. The van der Waals surface area contributed by atoms with E-state index in [1.807, 2.05) is 12.1 Å². The molecule has 0 saturated carbocycles. The summed E-state index contributed by atoms with van der Waals surface area (Å²) >= 11 is 0. The number of ether oxygens (including phenoxy) is 1. The first kappa shape index (κ1) is 18.9. The second kappa shape index (κ2) is 9.14. The highest BCUT2D eigenvalue weighted by molar-refractivity contribution is 6.00. The van der Waals surface area contributed by atoms with Crippen molar-refractivity contribution in [2.75, 3.05) is 18.1 Å². The molecule has 2 heterocycles. The number of hydroxylamine groups is 1. The van der Waals surface area contributed by atoms with Gasteiger partial charge in [0.2, 0.25) is 11.8 Å². The van der Waals surface area contributed by atoms with Crippen molar-refractivity contribution in [3.63, 3.8) is 0 Å². The smallest absolute Gasteiger partial charge is 0.249 e. The summed E-state index contributed by atoms with van der Waals surface area (Å²) in [7, 11) is 0. The number of anilines is 1. The molecule has 2 atom stereocenters. The molecule has 2 fully saturated rings. The average Bonchev–Trinajstić information content (AvgIpc) is 3.07. The first-order valence-corrected chi connectivity index (χ1v) is 9.63. The van der Waals surface area contributed by atoms with Crippen LogP contribution in [-0.2, 0) is 25.6 Å². The number of unbranched alkanes of at least 4 members (excludes halogenated alkanes) is 1. The number of hydrogen-bond donors (Lipinski definition) is 1. The van der Waals surface area contributed by atoms with Crippen LogP contribution in [0.2, 0.25) is 0 Å².